The van der Waals surface area contributed by atoms with Gasteiger partial charge in [0.05, 0.1) is 27.7 Å². The Hall–Kier alpha value is -2.45. The van der Waals surface area contributed by atoms with Gasteiger partial charge in [-0.2, -0.15) is 0 Å². The third kappa shape index (κ3) is 6.22. The van der Waals surface area contributed by atoms with Crippen molar-refractivity contribution in [2.75, 3.05) is 7.11 Å². The van der Waals surface area contributed by atoms with E-state index in [1.807, 2.05) is 44.2 Å². The highest BCUT2D eigenvalue weighted by molar-refractivity contribution is 9.10. The first-order chi connectivity index (χ1) is 16.7. The number of rotatable bonds is 6. The maximum atomic E-state index is 12.6. The lowest BCUT2D eigenvalue weighted by molar-refractivity contribution is -0.115. The van der Waals surface area contributed by atoms with Gasteiger partial charge in [-0.3, -0.25) is 4.79 Å². The van der Waals surface area contributed by atoms with Crippen LogP contribution in [0, 0.1) is 13.8 Å². The number of aliphatic imine (C=N–C) groups is 1. The number of thioether (sulfide) groups is 1. The molecule has 35 heavy (non-hydrogen) atoms. The Morgan fingerprint density at radius 1 is 1.06 bits per heavy atom. The average Bonchev–Trinajstić information content (AvgIpc) is 3.16. The lowest BCUT2D eigenvalue weighted by Crippen LogP contribution is -2.19. The molecule has 1 saturated heterocycles. The Balaban J connectivity index is 1.54. The SMILES string of the molecule is COc1cc(/C=C2/SC(=Nc3ccc(C)cc3C)NC2=O)c(Br)cc1OCc1ccc(Cl)c(Cl)c1. The van der Waals surface area contributed by atoms with E-state index < -0.39 is 0 Å². The van der Waals surface area contributed by atoms with Crippen LogP contribution in [0.3, 0.4) is 0 Å². The zero-order valence-corrected chi connectivity index (χ0v) is 23.0. The summed E-state index contributed by atoms with van der Waals surface area (Å²) >= 11 is 16.9. The summed E-state index contributed by atoms with van der Waals surface area (Å²) in [6.07, 6.45) is 1.79. The molecule has 0 saturated carbocycles. The fraction of sp³-hybridized carbons (Fsp3) is 0.154. The predicted molar refractivity (Wildman–Crippen MR) is 148 cm³/mol. The molecule has 0 atom stereocenters. The number of ether oxygens (including phenoxy) is 2. The highest BCUT2D eigenvalue weighted by atomic mass is 79.9. The number of carbonyl (C=O) groups is 1. The Labute approximate surface area is 226 Å². The van der Waals surface area contributed by atoms with Gasteiger partial charge in [-0.05, 0) is 78.7 Å². The Kier molecular flexibility index (Phi) is 8.12. The second-order valence-corrected chi connectivity index (χ2v) is 10.5. The summed E-state index contributed by atoms with van der Waals surface area (Å²) in [6.45, 7) is 4.32. The summed E-state index contributed by atoms with van der Waals surface area (Å²) in [6, 6.07) is 15.0. The number of amides is 1. The molecule has 0 spiro atoms. The van der Waals surface area contributed by atoms with E-state index in [2.05, 4.69) is 32.3 Å². The number of halogens is 3. The van der Waals surface area contributed by atoms with E-state index in [4.69, 9.17) is 32.7 Å². The first-order valence-electron chi connectivity index (χ1n) is 10.5. The van der Waals surface area contributed by atoms with Gasteiger partial charge in [0.2, 0.25) is 0 Å². The minimum absolute atomic E-state index is 0.204. The number of benzene rings is 3. The molecule has 1 fully saturated rings. The molecule has 1 aliphatic heterocycles. The number of nitrogens with zero attached hydrogens (tertiary/aromatic N) is 1. The molecule has 4 rings (SSSR count). The minimum Gasteiger partial charge on any atom is -0.493 e. The van der Waals surface area contributed by atoms with Crippen LogP contribution in [0.1, 0.15) is 22.3 Å². The number of nitrogens with one attached hydrogen (secondary N) is 1. The van der Waals surface area contributed by atoms with E-state index in [-0.39, 0.29) is 12.5 Å². The molecule has 1 N–H and O–H groups in total. The van der Waals surface area contributed by atoms with Gasteiger partial charge in [-0.15, -0.1) is 0 Å². The normalized spacial score (nSPS) is 15.5. The number of aryl methyl sites for hydroxylation is 2. The monoisotopic (exact) mass is 590 g/mol. The number of hydrogen-bond acceptors (Lipinski definition) is 5. The molecule has 0 radical (unpaired) electrons. The largest absolute Gasteiger partial charge is 0.493 e. The maximum Gasteiger partial charge on any atom is 0.264 e. The van der Waals surface area contributed by atoms with Crippen LogP contribution >= 0.6 is 50.9 Å². The molecular weight excluding hydrogens is 571 g/mol. The van der Waals surface area contributed by atoms with Gasteiger partial charge in [0.15, 0.2) is 16.7 Å². The fourth-order valence-corrected chi connectivity index (χ4v) is 4.97. The summed E-state index contributed by atoms with van der Waals surface area (Å²) in [4.78, 5) is 17.7. The van der Waals surface area contributed by atoms with Crippen molar-refractivity contribution in [3.05, 3.63) is 90.2 Å². The van der Waals surface area contributed by atoms with E-state index in [9.17, 15) is 4.79 Å². The third-order valence-corrected chi connectivity index (χ3v) is 7.51. The average molecular weight is 592 g/mol. The summed E-state index contributed by atoms with van der Waals surface area (Å²) < 4.78 is 12.2. The number of carbonyl (C=O) groups excluding carboxylic acids is 1. The molecular formula is C26H21BrCl2N2O3S. The van der Waals surface area contributed by atoms with Crippen molar-refractivity contribution in [1.29, 1.82) is 0 Å². The lowest BCUT2D eigenvalue weighted by atomic mass is 10.1. The van der Waals surface area contributed by atoms with Crippen molar-refractivity contribution in [2.24, 2.45) is 4.99 Å². The predicted octanol–water partition coefficient (Wildman–Crippen LogP) is 7.85. The molecule has 0 bridgehead atoms. The molecule has 0 aromatic heterocycles. The molecule has 0 unspecified atom stereocenters. The van der Waals surface area contributed by atoms with E-state index in [0.717, 1.165) is 26.9 Å². The Bertz CT molecular complexity index is 1370. The zero-order chi connectivity index (χ0) is 25.1. The van der Waals surface area contributed by atoms with E-state index in [1.165, 1.54) is 17.3 Å². The van der Waals surface area contributed by atoms with Gasteiger partial charge in [-0.25, -0.2) is 4.99 Å². The van der Waals surface area contributed by atoms with Crippen molar-refractivity contribution in [1.82, 2.24) is 5.32 Å². The quantitative estimate of drug-likeness (QED) is 0.296. The van der Waals surface area contributed by atoms with E-state index in [1.54, 1.807) is 25.3 Å². The number of methoxy groups -OCH3 is 1. The number of amidine groups is 1. The molecule has 9 heteroatoms. The topological polar surface area (TPSA) is 59.9 Å². The molecule has 3 aromatic carbocycles. The number of hydrogen-bond donors (Lipinski definition) is 1. The maximum absolute atomic E-state index is 12.6. The van der Waals surface area contributed by atoms with Gasteiger partial charge < -0.3 is 14.8 Å². The second kappa shape index (κ2) is 11.1. The van der Waals surface area contributed by atoms with Crippen LogP contribution in [0.2, 0.25) is 10.0 Å². The van der Waals surface area contributed by atoms with Crippen molar-refractivity contribution in [3.8, 4) is 11.5 Å². The molecule has 3 aromatic rings. The molecule has 180 valence electrons. The Morgan fingerprint density at radius 3 is 2.57 bits per heavy atom. The first kappa shape index (κ1) is 25.6. The Morgan fingerprint density at radius 2 is 1.86 bits per heavy atom. The summed E-state index contributed by atoms with van der Waals surface area (Å²) in [5.41, 5.74) is 4.69. The van der Waals surface area contributed by atoms with Gasteiger partial charge in [0.25, 0.3) is 5.91 Å². The highest BCUT2D eigenvalue weighted by Crippen LogP contribution is 2.37. The third-order valence-electron chi connectivity index (χ3n) is 5.17. The summed E-state index contributed by atoms with van der Waals surface area (Å²) in [5, 5.41) is 4.33. The minimum atomic E-state index is -0.204. The van der Waals surface area contributed by atoms with Crippen molar-refractivity contribution in [3.63, 3.8) is 0 Å². The van der Waals surface area contributed by atoms with Gasteiger partial charge in [0, 0.05) is 4.47 Å². The fourth-order valence-electron chi connectivity index (χ4n) is 3.39. The second-order valence-electron chi connectivity index (χ2n) is 7.83. The smallest absolute Gasteiger partial charge is 0.264 e. The van der Waals surface area contributed by atoms with Crippen LogP contribution in [0.5, 0.6) is 11.5 Å². The standard InChI is InChI=1S/C26H21BrCl2N2O3S/c1-14-4-7-21(15(2)8-14)30-26-31-25(32)24(35-26)11-17-10-22(33-3)23(12-18(17)27)34-13-16-5-6-19(28)20(29)9-16/h4-12H,13H2,1-3H3,(H,30,31,32)/b24-11+. The van der Waals surface area contributed by atoms with E-state index in [0.29, 0.717) is 31.6 Å². The van der Waals surface area contributed by atoms with Crippen LogP contribution in [0.25, 0.3) is 6.08 Å². The zero-order valence-electron chi connectivity index (χ0n) is 19.1. The van der Waals surface area contributed by atoms with Crippen LogP contribution in [0.15, 0.2) is 62.9 Å². The van der Waals surface area contributed by atoms with Crippen molar-refractivity contribution in [2.45, 2.75) is 20.5 Å². The van der Waals surface area contributed by atoms with Crippen molar-refractivity contribution >= 4 is 73.7 Å². The first-order valence-corrected chi connectivity index (χ1v) is 12.9. The van der Waals surface area contributed by atoms with Crippen molar-refractivity contribution < 1.29 is 14.3 Å². The summed E-state index contributed by atoms with van der Waals surface area (Å²) in [7, 11) is 1.57. The van der Waals surface area contributed by atoms with Crippen LogP contribution < -0.4 is 14.8 Å². The highest BCUT2D eigenvalue weighted by Gasteiger charge is 2.24. The molecule has 5 nitrogen and oxygen atoms in total. The van der Waals surface area contributed by atoms with Gasteiger partial charge in [0.1, 0.15) is 6.61 Å². The van der Waals surface area contributed by atoms with E-state index >= 15 is 0 Å². The van der Waals surface area contributed by atoms with Crippen LogP contribution in [-0.2, 0) is 11.4 Å². The molecule has 1 heterocycles. The summed E-state index contributed by atoms with van der Waals surface area (Å²) in [5.74, 6) is 0.880. The lowest BCUT2D eigenvalue weighted by Gasteiger charge is -2.13. The van der Waals surface area contributed by atoms with Gasteiger partial charge >= 0.3 is 0 Å². The van der Waals surface area contributed by atoms with Gasteiger partial charge in [-0.1, -0.05) is 62.9 Å². The van der Waals surface area contributed by atoms with Crippen LogP contribution in [0.4, 0.5) is 5.69 Å². The van der Waals surface area contributed by atoms with Crippen LogP contribution in [-0.4, -0.2) is 18.2 Å². The molecule has 1 amide bonds. The molecule has 0 aliphatic carbocycles. The molecule has 1 aliphatic rings.